The van der Waals surface area contributed by atoms with E-state index in [1.807, 2.05) is 5.38 Å². The van der Waals surface area contributed by atoms with Gasteiger partial charge in [-0.15, -0.1) is 34.5 Å². The number of nitrogens with zero attached hydrogens (tertiary/aromatic N) is 4. The Hall–Kier alpha value is -2.89. The molecule has 2 saturated carbocycles. The van der Waals surface area contributed by atoms with Crippen molar-refractivity contribution >= 4 is 63.2 Å². The number of aromatic carboxylic acids is 1. The van der Waals surface area contributed by atoms with E-state index in [-0.39, 0.29) is 42.6 Å². The van der Waals surface area contributed by atoms with Crippen LogP contribution in [0, 0.1) is 11.8 Å². The quantitative estimate of drug-likeness (QED) is 0.383. The highest BCUT2D eigenvalue weighted by Gasteiger charge is 2.56. The van der Waals surface area contributed by atoms with Crippen LogP contribution in [0.25, 0.3) is 10.9 Å². The number of rotatable bonds is 9. The number of benzene rings is 1. The van der Waals surface area contributed by atoms with Gasteiger partial charge in [-0.1, -0.05) is 0 Å². The molecule has 0 unspecified atom stereocenters. The van der Waals surface area contributed by atoms with Crippen LogP contribution in [0.2, 0.25) is 0 Å². The van der Waals surface area contributed by atoms with Crippen molar-refractivity contribution in [1.29, 1.82) is 0 Å². The van der Waals surface area contributed by atoms with E-state index in [1.165, 1.54) is 16.0 Å². The number of nitrogens with one attached hydrogen (secondary N) is 1. The molecule has 3 aliphatic rings. The number of carboxylic acid groups (broad SMARTS) is 1. The normalized spacial score (nSPS) is 25.1. The number of aromatic nitrogens is 3. The number of carboxylic acids is 1. The molecule has 1 saturated heterocycles. The average molecular weight is 564 g/mol. The van der Waals surface area contributed by atoms with Crippen molar-refractivity contribution in [3.05, 3.63) is 40.5 Å². The van der Waals surface area contributed by atoms with E-state index in [0.717, 1.165) is 11.4 Å². The third-order valence-electron chi connectivity index (χ3n) is 7.23. The molecule has 194 valence electrons. The molecular formula is C24H23Cl2N5O5S. The lowest BCUT2D eigenvalue weighted by atomic mass is 10.1. The van der Waals surface area contributed by atoms with Crippen LogP contribution in [0.15, 0.2) is 29.8 Å². The number of piperidine rings is 1. The van der Waals surface area contributed by atoms with Gasteiger partial charge in [0.1, 0.15) is 34.3 Å². The van der Waals surface area contributed by atoms with E-state index in [2.05, 4.69) is 15.4 Å². The molecule has 2 N–H and O–H groups in total. The molecule has 37 heavy (non-hydrogen) atoms. The number of ether oxygens (including phenoxy) is 1. The Balaban J connectivity index is 1.18. The monoisotopic (exact) mass is 563 g/mol. The molecule has 2 amide bonds. The third kappa shape index (κ3) is 4.75. The Labute approximate surface area is 225 Å². The summed E-state index contributed by atoms with van der Waals surface area (Å²) in [6.07, 6.45) is 3.79. The fourth-order valence-electron chi connectivity index (χ4n) is 5.09. The van der Waals surface area contributed by atoms with Gasteiger partial charge in [0.2, 0.25) is 11.8 Å². The van der Waals surface area contributed by atoms with Crippen LogP contribution in [0.1, 0.15) is 34.8 Å². The van der Waals surface area contributed by atoms with E-state index in [1.54, 1.807) is 29.3 Å². The summed E-state index contributed by atoms with van der Waals surface area (Å²) in [5.41, 5.74) is 0.326. The van der Waals surface area contributed by atoms with Crippen molar-refractivity contribution in [2.75, 3.05) is 6.54 Å². The summed E-state index contributed by atoms with van der Waals surface area (Å²) in [6, 6.07) is 4.46. The molecule has 0 bridgehead atoms. The minimum Gasteiger partial charge on any atom is -0.486 e. The molecule has 4 atom stereocenters. The molecule has 2 aromatic heterocycles. The molecule has 3 fully saturated rings. The van der Waals surface area contributed by atoms with Crippen molar-refractivity contribution in [3.63, 3.8) is 0 Å². The van der Waals surface area contributed by atoms with Gasteiger partial charge in [0.05, 0.1) is 5.52 Å². The molecule has 1 aromatic carbocycles. The first-order valence-corrected chi connectivity index (χ1v) is 13.6. The average Bonchev–Trinajstić information content (AvgIpc) is 3.47. The SMILES string of the molecule is O=C(O)c1nn(CC(=O)N2[C@@H]3C[C@@H]3C[C@H]2C(=O)NC[C@H]2CC2(Cl)Cl)c2ccc(OCc3nccs3)cc12. The van der Waals surface area contributed by atoms with Gasteiger partial charge >= 0.3 is 5.97 Å². The molecule has 2 aliphatic carbocycles. The summed E-state index contributed by atoms with van der Waals surface area (Å²) < 4.78 is 6.37. The molecule has 1 aliphatic heterocycles. The maximum Gasteiger partial charge on any atom is 0.357 e. The predicted octanol–water partition coefficient (Wildman–Crippen LogP) is 3.07. The lowest BCUT2D eigenvalue weighted by Crippen LogP contribution is -2.49. The summed E-state index contributed by atoms with van der Waals surface area (Å²) >= 11 is 13.6. The fourth-order valence-corrected chi connectivity index (χ4v) is 6.14. The molecular weight excluding hydrogens is 541 g/mol. The molecule has 0 radical (unpaired) electrons. The fraction of sp³-hybridized carbons (Fsp3) is 0.458. The molecule has 3 aromatic rings. The van der Waals surface area contributed by atoms with Crippen molar-refractivity contribution in [2.45, 2.75) is 48.8 Å². The van der Waals surface area contributed by atoms with Crippen LogP contribution in [0.3, 0.4) is 0 Å². The largest absolute Gasteiger partial charge is 0.486 e. The van der Waals surface area contributed by atoms with Gasteiger partial charge in [0.25, 0.3) is 0 Å². The van der Waals surface area contributed by atoms with Gasteiger partial charge in [0, 0.05) is 35.5 Å². The van der Waals surface area contributed by atoms with Crippen LogP contribution in [0.4, 0.5) is 0 Å². The Morgan fingerprint density at radius 2 is 2.08 bits per heavy atom. The van der Waals surface area contributed by atoms with Gasteiger partial charge < -0.3 is 20.1 Å². The van der Waals surface area contributed by atoms with Crippen molar-refractivity contribution in [3.8, 4) is 5.75 Å². The molecule has 3 heterocycles. The van der Waals surface area contributed by atoms with Crippen LogP contribution >= 0.6 is 34.5 Å². The minimum absolute atomic E-state index is 0.0141. The van der Waals surface area contributed by atoms with Crippen molar-refractivity contribution < 1.29 is 24.2 Å². The second-order valence-corrected chi connectivity index (χ2v) is 12.2. The van der Waals surface area contributed by atoms with Gasteiger partial charge in [-0.25, -0.2) is 9.78 Å². The summed E-state index contributed by atoms with van der Waals surface area (Å²) in [4.78, 5) is 44.0. The first-order chi connectivity index (χ1) is 17.7. The number of carbonyl (C=O) groups is 3. The Morgan fingerprint density at radius 3 is 2.78 bits per heavy atom. The number of amides is 2. The van der Waals surface area contributed by atoms with E-state index < -0.39 is 16.3 Å². The lowest BCUT2D eigenvalue weighted by molar-refractivity contribution is -0.140. The van der Waals surface area contributed by atoms with E-state index in [4.69, 9.17) is 27.9 Å². The highest BCUT2D eigenvalue weighted by molar-refractivity contribution is 7.09. The van der Waals surface area contributed by atoms with Gasteiger partial charge in [-0.05, 0) is 43.4 Å². The Morgan fingerprint density at radius 1 is 1.27 bits per heavy atom. The molecule has 6 rings (SSSR count). The molecule has 10 nitrogen and oxygen atoms in total. The van der Waals surface area contributed by atoms with E-state index >= 15 is 0 Å². The van der Waals surface area contributed by atoms with Gasteiger partial charge in [-0.2, -0.15) is 5.10 Å². The number of alkyl halides is 2. The number of carbonyl (C=O) groups excluding carboxylic acids is 2. The standard InChI is InChI=1S/C24H23Cl2N5O5S/c25-24(26)8-13(24)9-28-22(33)18-6-12-5-17(12)31(18)20(32)10-30-16-2-1-14(36-11-19-27-3-4-37-19)7-15(16)21(29-30)23(34)35/h1-4,7,12-13,17-18H,5-6,8-11H2,(H,28,33)(H,34,35)/t12-,13-,17-,18+/m1/s1. The first-order valence-electron chi connectivity index (χ1n) is 11.9. The zero-order valence-corrected chi connectivity index (χ0v) is 21.8. The molecule has 13 heteroatoms. The maximum absolute atomic E-state index is 13.4. The highest BCUT2D eigenvalue weighted by atomic mass is 35.5. The topological polar surface area (TPSA) is 127 Å². The summed E-state index contributed by atoms with van der Waals surface area (Å²) in [5.74, 6) is -0.894. The number of thiazole rings is 1. The second kappa shape index (κ2) is 9.14. The van der Waals surface area contributed by atoms with Gasteiger partial charge in [-0.3, -0.25) is 14.3 Å². The number of likely N-dealkylation sites (tertiary alicyclic amines) is 1. The van der Waals surface area contributed by atoms with Crippen LogP contribution in [-0.4, -0.2) is 65.5 Å². The number of hydrogen-bond acceptors (Lipinski definition) is 7. The second-order valence-electron chi connectivity index (χ2n) is 9.73. The highest BCUT2D eigenvalue weighted by Crippen LogP contribution is 2.53. The summed E-state index contributed by atoms with van der Waals surface area (Å²) in [6.45, 7) is 0.459. The minimum atomic E-state index is -1.20. The van der Waals surface area contributed by atoms with Crippen molar-refractivity contribution in [2.24, 2.45) is 11.8 Å². The van der Waals surface area contributed by atoms with Crippen LogP contribution in [-0.2, 0) is 22.7 Å². The zero-order chi connectivity index (χ0) is 25.9. The van der Waals surface area contributed by atoms with Crippen LogP contribution < -0.4 is 10.1 Å². The van der Waals surface area contributed by atoms with E-state index in [9.17, 15) is 19.5 Å². The lowest BCUT2D eigenvalue weighted by Gasteiger charge is -2.27. The Bertz CT molecular complexity index is 1390. The van der Waals surface area contributed by atoms with E-state index in [0.29, 0.717) is 42.0 Å². The van der Waals surface area contributed by atoms with Crippen molar-refractivity contribution in [1.82, 2.24) is 25.0 Å². The zero-order valence-electron chi connectivity index (χ0n) is 19.5. The van der Waals surface area contributed by atoms with Gasteiger partial charge in [0.15, 0.2) is 5.69 Å². The predicted molar refractivity (Wildman–Crippen MR) is 136 cm³/mol. The smallest absolute Gasteiger partial charge is 0.357 e. The molecule has 0 spiro atoms. The number of fused-ring (bicyclic) bond motifs is 2. The first kappa shape index (κ1) is 24.4. The summed E-state index contributed by atoms with van der Waals surface area (Å²) in [7, 11) is 0. The Kier molecular flexibility index (Phi) is 6.04. The van der Waals surface area contributed by atoms with Crippen LogP contribution in [0.5, 0.6) is 5.75 Å². The number of halogens is 2. The third-order valence-corrected chi connectivity index (χ3v) is 8.91. The number of hydrogen-bond donors (Lipinski definition) is 2. The summed E-state index contributed by atoms with van der Waals surface area (Å²) in [5, 5.41) is 19.8. The maximum atomic E-state index is 13.4.